The lowest BCUT2D eigenvalue weighted by molar-refractivity contribution is 0.0955. The fourth-order valence-corrected chi connectivity index (χ4v) is 1.88. The number of para-hydroxylation sites is 1. The average molecular weight is 317 g/mol. The van der Waals surface area contributed by atoms with Crippen LogP contribution in [-0.4, -0.2) is 18.7 Å². The van der Waals surface area contributed by atoms with Crippen LogP contribution in [0.3, 0.4) is 0 Å². The van der Waals surface area contributed by atoms with E-state index in [1.165, 1.54) is 0 Å². The molecule has 2 aromatic rings. The molecule has 0 heterocycles. The molecule has 2 aromatic carbocycles. The van der Waals surface area contributed by atoms with Gasteiger partial charge >= 0.3 is 0 Å². The summed E-state index contributed by atoms with van der Waals surface area (Å²) in [6, 6.07) is 14.1. The van der Waals surface area contributed by atoms with Crippen molar-refractivity contribution in [2.45, 2.75) is 13.3 Å². The van der Waals surface area contributed by atoms with Crippen molar-refractivity contribution in [3.63, 3.8) is 0 Å². The summed E-state index contributed by atoms with van der Waals surface area (Å²) in [5.41, 5.74) is 3.79. The van der Waals surface area contributed by atoms with Crippen LogP contribution in [-0.2, 0) is 0 Å². The molecule has 0 aromatic heterocycles. The maximum Gasteiger partial charge on any atom is 0.271 e. The predicted molar refractivity (Wildman–Crippen MR) is 88.7 cm³/mol. The van der Waals surface area contributed by atoms with Crippen molar-refractivity contribution in [3.05, 3.63) is 64.7 Å². The Hall–Kier alpha value is -2.33. The van der Waals surface area contributed by atoms with Crippen LogP contribution in [0.5, 0.6) is 5.75 Å². The molecule has 0 atom stereocenters. The summed E-state index contributed by atoms with van der Waals surface area (Å²) in [7, 11) is 0. The number of nitrogens with zero attached hydrogens (tertiary/aromatic N) is 1. The molecule has 0 aliphatic rings. The topological polar surface area (TPSA) is 50.7 Å². The highest BCUT2D eigenvalue weighted by molar-refractivity contribution is 6.30. The Bertz CT molecular complexity index is 654. The fraction of sp³-hybridized carbons (Fsp3) is 0.176. The molecule has 0 saturated heterocycles. The molecule has 22 heavy (non-hydrogen) atoms. The van der Waals surface area contributed by atoms with Gasteiger partial charge in [0.05, 0.1) is 12.8 Å². The van der Waals surface area contributed by atoms with Gasteiger partial charge in [0, 0.05) is 16.1 Å². The Labute approximate surface area is 134 Å². The van der Waals surface area contributed by atoms with E-state index in [1.807, 2.05) is 31.2 Å². The van der Waals surface area contributed by atoms with Crippen molar-refractivity contribution in [1.29, 1.82) is 0 Å². The lowest BCUT2D eigenvalue weighted by Crippen LogP contribution is -2.17. The quantitative estimate of drug-likeness (QED) is 0.649. The average Bonchev–Trinajstić information content (AvgIpc) is 2.54. The first-order valence-electron chi connectivity index (χ1n) is 7.01. The van der Waals surface area contributed by atoms with E-state index in [9.17, 15) is 4.79 Å². The smallest absolute Gasteiger partial charge is 0.271 e. The summed E-state index contributed by atoms with van der Waals surface area (Å²) in [5, 5.41) is 4.56. The molecular weight excluding hydrogens is 300 g/mol. The molecule has 1 N–H and O–H groups in total. The third-order valence-corrected chi connectivity index (χ3v) is 3.11. The van der Waals surface area contributed by atoms with Gasteiger partial charge in [-0.1, -0.05) is 30.7 Å². The third-order valence-electron chi connectivity index (χ3n) is 2.86. The minimum atomic E-state index is -0.292. The first-order valence-corrected chi connectivity index (χ1v) is 7.39. The molecule has 0 radical (unpaired) electrons. The van der Waals surface area contributed by atoms with Crippen molar-refractivity contribution < 1.29 is 9.53 Å². The van der Waals surface area contributed by atoms with E-state index in [1.54, 1.807) is 30.5 Å². The summed E-state index contributed by atoms with van der Waals surface area (Å²) in [6.45, 7) is 2.69. The van der Waals surface area contributed by atoms with Gasteiger partial charge in [-0.15, -0.1) is 0 Å². The van der Waals surface area contributed by atoms with Gasteiger partial charge in [0.2, 0.25) is 0 Å². The molecule has 0 saturated carbocycles. The van der Waals surface area contributed by atoms with E-state index in [0.29, 0.717) is 17.2 Å². The van der Waals surface area contributed by atoms with E-state index >= 15 is 0 Å². The number of hydrogen-bond donors (Lipinski definition) is 1. The van der Waals surface area contributed by atoms with Crippen LogP contribution < -0.4 is 10.2 Å². The highest BCUT2D eigenvalue weighted by atomic mass is 35.5. The van der Waals surface area contributed by atoms with Gasteiger partial charge in [0.25, 0.3) is 5.91 Å². The van der Waals surface area contributed by atoms with Crippen molar-refractivity contribution >= 4 is 23.7 Å². The largest absolute Gasteiger partial charge is 0.493 e. The Kier molecular flexibility index (Phi) is 5.98. The normalized spacial score (nSPS) is 10.6. The molecule has 0 unspecified atom stereocenters. The summed E-state index contributed by atoms with van der Waals surface area (Å²) in [6.07, 6.45) is 2.50. The van der Waals surface area contributed by atoms with Crippen molar-refractivity contribution in [3.8, 4) is 5.75 Å². The minimum Gasteiger partial charge on any atom is -0.493 e. The van der Waals surface area contributed by atoms with Crippen LogP contribution in [0.4, 0.5) is 0 Å². The number of carbonyl (C=O) groups is 1. The van der Waals surface area contributed by atoms with Crippen LogP contribution in [0.25, 0.3) is 0 Å². The monoisotopic (exact) mass is 316 g/mol. The van der Waals surface area contributed by atoms with Gasteiger partial charge in [0.1, 0.15) is 5.75 Å². The molecule has 4 nitrogen and oxygen atoms in total. The molecule has 0 aliphatic heterocycles. The lowest BCUT2D eigenvalue weighted by Gasteiger charge is -2.07. The van der Waals surface area contributed by atoms with Gasteiger partial charge in [-0.3, -0.25) is 4.79 Å². The van der Waals surface area contributed by atoms with Crippen LogP contribution in [0.15, 0.2) is 53.6 Å². The van der Waals surface area contributed by atoms with Crippen LogP contribution >= 0.6 is 11.6 Å². The minimum absolute atomic E-state index is 0.292. The molecule has 1 amide bonds. The SMILES string of the molecule is CCCOc1ccccc1/C=N/NC(=O)c1ccc(Cl)cc1. The van der Waals surface area contributed by atoms with Gasteiger partial charge < -0.3 is 4.74 Å². The molecule has 5 heteroatoms. The standard InChI is InChI=1S/C17H17ClN2O2/c1-2-11-22-16-6-4-3-5-14(16)12-19-20-17(21)13-7-9-15(18)10-8-13/h3-10,12H,2,11H2,1H3,(H,20,21)/b19-12+. The van der Waals surface area contributed by atoms with Gasteiger partial charge in [-0.25, -0.2) is 5.43 Å². The number of amides is 1. The fourth-order valence-electron chi connectivity index (χ4n) is 1.76. The van der Waals surface area contributed by atoms with E-state index in [2.05, 4.69) is 10.5 Å². The van der Waals surface area contributed by atoms with E-state index in [-0.39, 0.29) is 5.91 Å². The van der Waals surface area contributed by atoms with Gasteiger partial charge in [-0.2, -0.15) is 5.10 Å². The van der Waals surface area contributed by atoms with Gasteiger partial charge in [0.15, 0.2) is 0 Å². The van der Waals surface area contributed by atoms with Crippen LogP contribution in [0.2, 0.25) is 5.02 Å². The number of carbonyl (C=O) groups excluding carboxylic acids is 1. The molecule has 0 fully saturated rings. The zero-order valence-electron chi connectivity index (χ0n) is 12.3. The number of rotatable bonds is 6. The summed E-state index contributed by atoms with van der Waals surface area (Å²) >= 11 is 5.78. The second-order valence-electron chi connectivity index (χ2n) is 4.59. The molecule has 2 rings (SSSR count). The Morgan fingerprint density at radius 2 is 1.95 bits per heavy atom. The van der Waals surface area contributed by atoms with E-state index < -0.39 is 0 Å². The van der Waals surface area contributed by atoms with Crippen molar-refractivity contribution in [2.24, 2.45) is 5.10 Å². The maximum absolute atomic E-state index is 11.9. The Morgan fingerprint density at radius 1 is 1.23 bits per heavy atom. The van der Waals surface area contributed by atoms with Crippen molar-refractivity contribution in [1.82, 2.24) is 5.43 Å². The van der Waals surface area contributed by atoms with Crippen LogP contribution in [0.1, 0.15) is 29.3 Å². The first kappa shape index (κ1) is 16.0. The highest BCUT2D eigenvalue weighted by Gasteiger charge is 2.04. The molecule has 0 bridgehead atoms. The number of hydrazone groups is 1. The van der Waals surface area contributed by atoms with E-state index in [4.69, 9.17) is 16.3 Å². The Balaban J connectivity index is 2.00. The lowest BCUT2D eigenvalue weighted by atomic mass is 10.2. The predicted octanol–water partition coefficient (Wildman–Crippen LogP) is 3.89. The maximum atomic E-state index is 11.9. The summed E-state index contributed by atoms with van der Waals surface area (Å²) in [5.74, 6) is 0.453. The summed E-state index contributed by atoms with van der Waals surface area (Å²) < 4.78 is 5.62. The number of ether oxygens (including phenoxy) is 1. The first-order chi connectivity index (χ1) is 10.7. The second kappa shape index (κ2) is 8.20. The third kappa shape index (κ3) is 4.60. The number of benzene rings is 2. The second-order valence-corrected chi connectivity index (χ2v) is 5.03. The molecule has 0 aliphatic carbocycles. The zero-order valence-corrected chi connectivity index (χ0v) is 13.0. The molecule has 114 valence electrons. The van der Waals surface area contributed by atoms with E-state index in [0.717, 1.165) is 17.7 Å². The highest BCUT2D eigenvalue weighted by Crippen LogP contribution is 2.16. The van der Waals surface area contributed by atoms with Crippen molar-refractivity contribution in [2.75, 3.05) is 6.61 Å². The van der Waals surface area contributed by atoms with Crippen LogP contribution in [0, 0.1) is 0 Å². The number of halogens is 1. The molecule has 0 spiro atoms. The number of hydrogen-bond acceptors (Lipinski definition) is 3. The van der Waals surface area contributed by atoms with Gasteiger partial charge in [-0.05, 0) is 42.8 Å². The molecular formula is C17H17ClN2O2. The Morgan fingerprint density at radius 3 is 2.68 bits per heavy atom. The zero-order chi connectivity index (χ0) is 15.8. The number of nitrogens with one attached hydrogen (secondary N) is 1. The summed E-state index contributed by atoms with van der Waals surface area (Å²) in [4.78, 5) is 11.9.